The number of alkyl carbamates (subject to hydrolysis) is 1. The topological polar surface area (TPSA) is 140 Å². The zero-order valence-electron chi connectivity index (χ0n) is 29.7. The Morgan fingerprint density at radius 2 is 1.27 bits per heavy atom. The summed E-state index contributed by atoms with van der Waals surface area (Å²) in [4.78, 5) is 60.1. The maximum Gasteiger partial charge on any atom is 0.407 e. The Morgan fingerprint density at radius 3 is 1.79 bits per heavy atom. The summed E-state index contributed by atoms with van der Waals surface area (Å²) in [7, 11) is 5.17. The number of hydrogen-bond acceptors (Lipinski definition) is 7. The molecule has 268 valence electrons. The van der Waals surface area contributed by atoms with Crippen molar-refractivity contribution in [2.24, 2.45) is 0 Å². The van der Waals surface area contributed by atoms with E-state index >= 15 is 0 Å². The first-order valence-corrected chi connectivity index (χ1v) is 17.7. The molecule has 3 aromatic carbocycles. The lowest BCUT2D eigenvalue weighted by Gasteiger charge is -2.31. The number of benzene rings is 3. The minimum atomic E-state index is -0.630. The third-order valence-corrected chi connectivity index (χ3v) is 10.1. The molecular formula is C40H44N8O4. The molecule has 0 radical (unpaired) electrons. The molecule has 2 aliphatic heterocycles. The summed E-state index contributed by atoms with van der Waals surface area (Å²) in [6.45, 7) is 1.21. The van der Waals surface area contributed by atoms with Crippen LogP contribution in [0.3, 0.4) is 0 Å². The van der Waals surface area contributed by atoms with Gasteiger partial charge < -0.3 is 29.8 Å². The Bertz CT molecular complexity index is 2000. The third-order valence-electron chi connectivity index (χ3n) is 10.1. The molecule has 7 rings (SSSR count). The number of carbonyl (C=O) groups is 3. The summed E-state index contributed by atoms with van der Waals surface area (Å²) in [5, 5.41) is 2.47. The van der Waals surface area contributed by atoms with Gasteiger partial charge in [0.15, 0.2) is 0 Å². The number of aromatic amines is 2. The molecule has 4 heterocycles. The Kier molecular flexibility index (Phi) is 10.2. The van der Waals surface area contributed by atoms with Crippen molar-refractivity contribution in [3.8, 4) is 33.6 Å². The van der Waals surface area contributed by atoms with E-state index in [1.807, 2.05) is 60.4 Å². The fourth-order valence-electron chi connectivity index (χ4n) is 7.43. The van der Waals surface area contributed by atoms with E-state index in [9.17, 15) is 14.4 Å². The van der Waals surface area contributed by atoms with Crippen molar-refractivity contribution < 1.29 is 19.1 Å². The number of H-pyrrole nitrogens is 2. The SMILES string of the molecule is COC(=O)NCC(=O)N1CCC[C@H]1c1ncc(-c2ccc(-c3ccc(-c4cnc([C@@H]5CCCN5C(=O)[C@@H](c5ccccc5)N(C)C)[nH]4)cc3)cc2)[nH]1. The van der Waals surface area contributed by atoms with Gasteiger partial charge in [-0.1, -0.05) is 78.9 Å². The monoisotopic (exact) mass is 700 g/mol. The lowest BCUT2D eigenvalue weighted by Crippen LogP contribution is -2.40. The van der Waals surface area contributed by atoms with Gasteiger partial charge in [-0.15, -0.1) is 0 Å². The zero-order valence-corrected chi connectivity index (χ0v) is 29.7. The van der Waals surface area contributed by atoms with Crippen molar-refractivity contribution in [3.63, 3.8) is 0 Å². The highest BCUT2D eigenvalue weighted by molar-refractivity contribution is 5.84. The molecule has 2 saturated heterocycles. The summed E-state index contributed by atoms with van der Waals surface area (Å²) < 4.78 is 4.58. The molecule has 0 unspecified atom stereocenters. The number of rotatable bonds is 10. The second kappa shape index (κ2) is 15.2. The fourth-order valence-corrected chi connectivity index (χ4v) is 7.43. The van der Waals surface area contributed by atoms with E-state index in [1.165, 1.54) is 7.11 Å². The Labute approximate surface area is 303 Å². The van der Waals surface area contributed by atoms with Gasteiger partial charge in [-0.3, -0.25) is 14.5 Å². The zero-order chi connectivity index (χ0) is 36.2. The first kappa shape index (κ1) is 34.7. The molecule has 3 N–H and O–H groups in total. The quantitative estimate of drug-likeness (QED) is 0.160. The van der Waals surface area contributed by atoms with Crippen molar-refractivity contribution >= 4 is 17.9 Å². The summed E-state index contributed by atoms with van der Waals surface area (Å²) in [5.41, 5.74) is 6.97. The molecular weight excluding hydrogens is 656 g/mol. The number of likely N-dealkylation sites (N-methyl/N-ethyl adjacent to an activating group) is 1. The maximum absolute atomic E-state index is 13.9. The molecule has 0 saturated carbocycles. The highest BCUT2D eigenvalue weighted by Crippen LogP contribution is 2.36. The molecule has 3 atom stereocenters. The van der Waals surface area contributed by atoms with Crippen LogP contribution in [0.4, 0.5) is 4.79 Å². The van der Waals surface area contributed by atoms with Crippen molar-refractivity contribution in [2.45, 2.75) is 43.8 Å². The fraction of sp³-hybridized carbons (Fsp3) is 0.325. The average Bonchev–Trinajstić information content (AvgIpc) is 4.01. The number of aromatic nitrogens is 4. The molecule has 2 fully saturated rings. The molecule has 0 aliphatic carbocycles. The smallest absolute Gasteiger partial charge is 0.407 e. The van der Waals surface area contributed by atoms with Gasteiger partial charge in [0, 0.05) is 13.1 Å². The molecule has 0 bridgehead atoms. The Balaban J connectivity index is 1.00. The number of imidazole rings is 2. The van der Waals surface area contributed by atoms with Crippen molar-refractivity contribution in [1.82, 2.24) is 40.0 Å². The minimum Gasteiger partial charge on any atom is -0.453 e. The molecule has 0 spiro atoms. The third kappa shape index (κ3) is 7.20. The van der Waals surface area contributed by atoms with Crippen LogP contribution < -0.4 is 5.32 Å². The first-order valence-electron chi connectivity index (χ1n) is 17.7. The van der Waals surface area contributed by atoms with E-state index in [4.69, 9.17) is 4.98 Å². The average molecular weight is 701 g/mol. The van der Waals surface area contributed by atoms with Crippen LogP contribution in [0.2, 0.25) is 0 Å². The van der Waals surface area contributed by atoms with Crippen LogP contribution in [0.5, 0.6) is 0 Å². The van der Waals surface area contributed by atoms with E-state index < -0.39 is 6.09 Å². The standard InChI is InChI=1S/C40H44N8O4/c1-46(2)36(30-9-5-4-6-10-30)39(50)48-22-8-12-34(48)38-42-24-32(45-38)29-19-15-27(16-20-29)26-13-17-28(18-14-26)31-23-41-37(44-31)33-11-7-21-47(33)35(49)25-43-40(51)52-3/h4-6,9-10,13-20,23-24,33-34,36H,7-8,11-12,21-22,25H2,1-3H3,(H,41,44)(H,42,45)(H,43,51)/t33-,34-,36+/m0/s1. The molecule has 3 amide bonds. The number of hydrogen-bond donors (Lipinski definition) is 3. The van der Waals surface area contributed by atoms with Crippen molar-refractivity contribution in [1.29, 1.82) is 0 Å². The first-order chi connectivity index (χ1) is 25.3. The largest absolute Gasteiger partial charge is 0.453 e. The number of nitrogens with one attached hydrogen (secondary N) is 3. The van der Waals surface area contributed by atoms with Crippen LogP contribution >= 0.6 is 0 Å². The molecule has 2 aromatic heterocycles. The van der Waals surface area contributed by atoms with Gasteiger partial charge in [0.25, 0.3) is 0 Å². The number of amides is 3. The summed E-state index contributed by atoms with van der Waals surface area (Å²) >= 11 is 0. The van der Waals surface area contributed by atoms with E-state index in [0.717, 1.165) is 76.5 Å². The minimum absolute atomic E-state index is 0.0916. The molecule has 5 aromatic rings. The van der Waals surface area contributed by atoms with Crippen LogP contribution in [-0.4, -0.2) is 93.4 Å². The van der Waals surface area contributed by atoms with Gasteiger partial charge in [0.2, 0.25) is 11.8 Å². The van der Waals surface area contributed by atoms with E-state index in [1.54, 1.807) is 11.1 Å². The molecule has 12 heteroatoms. The summed E-state index contributed by atoms with van der Waals surface area (Å²) in [6.07, 6.45) is 6.51. The van der Waals surface area contributed by atoms with Crippen LogP contribution in [0, 0.1) is 0 Å². The van der Waals surface area contributed by atoms with Crippen LogP contribution in [0.25, 0.3) is 33.6 Å². The van der Waals surface area contributed by atoms with Crippen LogP contribution in [0.1, 0.15) is 61.0 Å². The molecule has 52 heavy (non-hydrogen) atoms. The number of likely N-dealkylation sites (tertiary alicyclic amines) is 2. The number of nitrogens with zero attached hydrogens (tertiary/aromatic N) is 5. The molecule has 2 aliphatic rings. The highest BCUT2D eigenvalue weighted by atomic mass is 16.5. The van der Waals surface area contributed by atoms with Crippen molar-refractivity contribution in [2.75, 3.05) is 40.8 Å². The predicted octanol–water partition coefficient (Wildman–Crippen LogP) is 6.12. The van der Waals surface area contributed by atoms with Crippen LogP contribution in [-0.2, 0) is 14.3 Å². The lowest BCUT2D eigenvalue weighted by atomic mass is 10.0. The maximum atomic E-state index is 13.9. The van der Waals surface area contributed by atoms with Crippen LogP contribution in [0.15, 0.2) is 91.3 Å². The van der Waals surface area contributed by atoms with Gasteiger partial charge in [-0.05, 0) is 67.6 Å². The molecule has 12 nitrogen and oxygen atoms in total. The van der Waals surface area contributed by atoms with Crippen molar-refractivity contribution in [3.05, 3.63) is 108 Å². The Hall–Kier alpha value is -5.75. The second-order valence-corrected chi connectivity index (χ2v) is 13.6. The van der Waals surface area contributed by atoms with E-state index in [0.29, 0.717) is 13.1 Å². The predicted molar refractivity (Wildman–Crippen MR) is 198 cm³/mol. The summed E-state index contributed by atoms with van der Waals surface area (Å²) in [6, 6.07) is 26.0. The van der Waals surface area contributed by atoms with Gasteiger partial charge in [-0.25, -0.2) is 14.8 Å². The van der Waals surface area contributed by atoms with Gasteiger partial charge in [0.05, 0.1) is 43.0 Å². The van der Waals surface area contributed by atoms with Gasteiger partial charge >= 0.3 is 6.09 Å². The number of methoxy groups -OCH3 is 1. The second-order valence-electron chi connectivity index (χ2n) is 13.6. The van der Waals surface area contributed by atoms with Gasteiger partial charge in [0.1, 0.15) is 24.2 Å². The van der Waals surface area contributed by atoms with E-state index in [2.05, 4.69) is 73.5 Å². The lowest BCUT2D eigenvalue weighted by molar-refractivity contribution is -0.137. The number of ether oxygens (including phenoxy) is 1. The summed E-state index contributed by atoms with van der Waals surface area (Å²) in [5.74, 6) is 1.48. The normalized spacial score (nSPS) is 17.8. The Morgan fingerprint density at radius 1 is 0.769 bits per heavy atom. The number of carbonyl (C=O) groups excluding carboxylic acids is 3. The highest BCUT2D eigenvalue weighted by Gasteiger charge is 2.37. The van der Waals surface area contributed by atoms with Gasteiger partial charge in [-0.2, -0.15) is 0 Å². The van der Waals surface area contributed by atoms with E-state index in [-0.39, 0.29) is 36.5 Å².